The molecule has 0 bridgehead atoms. The lowest BCUT2D eigenvalue weighted by atomic mass is 9.84. The molecule has 0 radical (unpaired) electrons. The summed E-state index contributed by atoms with van der Waals surface area (Å²) in [5.41, 5.74) is 4.11. The van der Waals surface area contributed by atoms with Gasteiger partial charge in [-0.15, -0.1) is 0 Å². The Kier molecular flexibility index (Phi) is 9.50. The molecule has 6 aromatic rings. The normalized spacial score (nSPS) is 11.0. The number of H-pyrrole nitrogens is 1. The molecule has 4 heterocycles. The zero-order chi connectivity index (χ0) is 33.6. The largest absolute Gasteiger partial charge is 0.493 e. The molecule has 0 aliphatic heterocycles. The number of benzene rings is 2. The Bertz CT molecular complexity index is 2050. The maximum atomic E-state index is 12.7. The van der Waals surface area contributed by atoms with Crippen molar-refractivity contribution in [1.82, 2.24) is 24.7 Å². The average Bonchev–Trinajstić information content (AvgIpc) is 3.76. The Balaban J connectivity index is 0.000000301. The number of imidazole rings is 1. The molecule has 12 heteroatoms. The highest BCUT2D eigenvalue weighted by Gasteiger charge is 2.22. The van der Waals surface area contributed by atoms with E-state index < -0.39 is 5.97 Å². The molecular formula is C35H34N6O6. The molecule has 47 heavy (non-hydrogen) atoms. The zero-order valence-electron chi connectivity index (χ0n) is 26.3. The first-order chi connectivity index (χ1) is 22.6. The van der Waals surface area contributed by atoms with E-state index in [1.54, 1.807) is 60.6 Å². The standard InChI is InChI=1S/C27H28N4O4.C8H6N2O2/c1-27(2,16-30-25(32)19-13-17-11-12-28-24(17)29-15-19)20-6-8-21(9-7-20)31-26(33)18-5-10-22(34-3)23(14-18)35-4;11-8(12)6-1-2-7-9-3-4-10(7)5-6/h5-15H,16H2,1-4H3,(H,28,29)(H,30,32)(H,31,33);1-5H,(H,11,12). The summed E-state index contributed by atoms with van der Waals surface area (Å²) in [7, 11) is 3.07. The highest BCUT2D eigenvalue weighted by atomic mass is 16.5. The van der Waals surface area contributed by atoms with Crippen molar-refractivity contribution >= 4 is 40.2 Å². The molecule has 0 saturated carbocycles. The second-order valence-electron chi connectivity index (χ2n) is 11.2. The monoisotopic (exact) mass is 634 g/mol. The van der Waals surface area contributed by atoms with Crippen molar-refractivity contribution in [2.75, 3.05) is 26.1 Å². The van der Waals surface area contributed by atoms with Gasteiger partial charge in [-0.1, -0.05) is 26.0 Å². The number of aromatic amines is 1. The van der Waals surface area contributed by atoms with E-state index in [0.29, 0.717) is 34.9 Å². The average molecular weight is 635 g/mol. The van der Waals surface area contributed by atoms with Gasteiger partial charge >= 0.3 is 5.97 Å². The molecule has 240 valence electrons. The minimum Gasteiger partial charge on any atom is -0.493 e. The summed E-state index contributed by atoms with van der Waals surface area (Å²) in [4.78, 5) is 47.2. The molecular weight excluding hydrogens is 600 g/mol. The van der Waals surface area contributed by atoms with Crippen LogP contribution >= 0.6 is 0 Å². The van der Waals surface area contributed by atoms with E-state index >= 15 is 0 Å². The number of amides is 2. The lowest BCUT2D eigenvalue weighted by molar-refractivity contribution is 0.0695. The summed E-state index contributed by atoms with van der Waals surface area (Å²) in [6.07, 6.45) is 8.23. The number of nitrogens with zero attached hydrogens (tertiary/aromatic N) is 3. The van der Waals surface area contributed by atoms with Crippen molar-refractivity contribution in [2.24, 2.45) is 0 Å². The van der Waals surface area contributed by atoms with Crippen LogP contribution in [0.25, 0.3) is 16.7 Å². The number of carboxylic acids is 1. The molecule has 2 aromatic carbocycles. The molecule has 0 atom stereocenters. The van der Waals surface area contributed by atoms with Gasteiger partial charge in [-0.2, -0.15) is 0 Å². The highest BCUT2D eigenvalue weighted by molar-refractivity contribution is 6.04. The molecule has 2 amide bonds. The predicted molar refractivity (Wildman–Crippen MR) is 178 cm³/mol. The Hall–Kier alpha value is -6.17. The Labute approximate surface area is 270 Å². The van der Waals surface area contributed by atoms with Crippen molar-refractivity contribution in [3.8, 4) is 11.5 Å². The number of ether oxygens (including phenoxy) is 2. The number of methoxy groups -OCH3 is 2. The number of carboxylic acid groups (broad SMARTS) is 1. The number of carbonyl (C=O) groups excluding carboxylic acids is 2. The van der Waals surface area contributed by atoms with Gasteiger partial charge in [0.05, 0.1) is 25.3 Å². The maximum Gasteiger partial charge on any atom is 0.337 e. The number of hydrogen-bond acceptors (Lipinski definition) is 7. The van der Waals surface area contributed by atoms with Crippen LogP contribution in [0.4, 0.5) is 5.69 Å². The van der Waals surface area contributed by atoms with Crippen LogP contribution in [0.1, 0.15) is 50.5 Å². The first-order valence-electron chi connectivity index (χ1n) is 14.6. The molecule has 0 spiro atoms. The summed E-state index contributed by atoms with van der Waals surface area (Å²) < 4.78 is 12.2. The fourth-order valence-corrected chi connectivity index (χ4v) is 4.80. The van der Waals surface area contributed by atoms with Crippen LogP contribution in [-0.2, 0) is 5.41 Å². The first kappa shape index (κ1) is 32.2. The second-order valence-corrected chi connectivity index (χ2v) is 11.2. The van der Waals surface area contributed by atoms with Crippen LogP contribution in [0.3, 0.4) is 0 Å². The third-order valence-electron chi connectivity index (χ3n) is 7.56. The summed E-state index contributed by atoms with van der Waals surface area (Å²) in [5, 5.41) is 15.4. The SMILES string of the molecule is COc1ccc(C(=O)Nc2ccc(C(C)(C)CNC(=O)c3cnc4[nH]ccc4c3)cc2)cc1OC.O=C(O)c1ccc2nccn2c1. The van der Waals surface area contributed by atoms with Gasteiger partial charge in [-0.05, 0) is 60.2 Å². The van der Waals surface area contributed by atoms with Crippen molar-refractivity contribution in [3.63, 3.8) is 0 Å². The van der Waals surface area contributed by atoms with E-state index in [1.807, 2.05) is 36.4 Å². The quantitative estimate of drug-likeness (QED) is 0.161. The fraction of sp³-hybridized carbons (Fsp3) is 0.171. The summed E-state index contributed by atoms with van der Waals surface area (Å²) in [6, 6.07) is 19.5. The van der Waals surface area contributed by atoms with E-state index in [1.165, 1.54) is 19.4 Å². The number of aromatic carboxylic acids is 1. The van der Waals surface area contributed by atoms with E-state index in [0.717, 1.165) is 22.2 Å². The highest BCUT2D eigenvalue weighted by Crippen LogP contribution is 2.28. The number of fused-ring (bicyclic) bond motifs is 2. The molecule has 4 aromatic heterocycles. The maximum absolute atomic E-state index is 12.7. The van der Waals surface area contributed by atoms with E-state index in [2.05, 4.69) is 39.4 Å². The number of nitrogens with one attached hydrogen (secondary N) is 3. The topological polar surface area (TPSA) is 160 Å². The van der Waals surface area contributed by atoms with Crippen LogP contribution in [-0.4, -0.2) is 63.0 Å². The van der Waals surface area contributed by atoms with Gasteiger partial charge in [-0.25, -0.2) is 14.8 Å². The van der Waals surface area contributed by atoms with E-state index in [9.17, 15) is 14.4 Å². The van der Waals surface area contributed by atoms with Crippen LogP contribution in [0.15, 0.2) is 97.7 Å². The third kappa shape index (κ3) is 7.56. The van der Waals surface area contributed by atoms with Gasteiger partial charge in [-0.3, -0.25) is 9.59 Å². The number of rotatable bonds is 9. The molecule has 6 rings (SSSR count). The predicted octanol–water partition coefficient (Wildman–Crippen LogP) is 5.57. The molecule has 0 saturated heterocycles. The van der Waals surface area contributed by atoms with Crippen LogP contribution in [0.5, 0.6) is 11.5 Å². The molecule has 4 N–H and O–H groups in total. The van der Waals surface area contributed by atoms with Crippen LogP contribution < -0.4 is 20.1 Å². The smallest absolute Gasteiger partial charge is 0.337 e. The molecule has 0 aliphatic carbocycles. The Morgan fingerprint density at radius 2 is 1.62 bits per heavy atom. The number of anilines is 1. The minimum atomic E-state index is -0.925. The summed E-state index contributed by atoms with van der Waals surface area (Å²) in [5.74, 6) is -0.302. The second kappa shape index (κ2) is 13.9. The van der Waals surface area contributed by atoms with Crippen LogP contribution in [0.2, 0.25) is 0 Å². The molecule has 0 aliphatic rings. The van der Waals surface area contributed by atoms with Gasteiger partial charge in [0.25, 0.3) is 11.8 Å². The van der Waals surface area contributed by atoms with Crippen LogP contribution in [0, 0.1) is 0 Å². The number of carbonyl (C=O) groups is 3. The van der Waals surface area contributed by atoms with Crippen molar-refractivity contribution < 1.29 is 29.0 Å². The lowest BCUT2D eigenvalue weighted by Gasteiger charge is -2.26. The van der Waals surface area contributed by atoms with Gasteiger partial charge in [0.1, 0.15) is 11.3 Å². The lowest BCUT2D eigenvalue weighted by Crippen LogP contribution is -2.36. The number of aromatic nitrogens is 4. The first-order valence-corrected chi connectivity index (χ1v) is 14.6. The van der Waals surface area contributed by atoms with Gasteiger partial charge < -0.3 is 34.6 Å². The van der Waals surface area contributed by atoms with Gasteiger partial charge in [0, 0.05) is 59.6 Å². The number of pyridine rings is 2. The summed E-state index contributed by atoms with van der Waals surface area (Å²) in [6.45, 7) is 4.55. The van der Waals surface area contributed by atoms with Crippen molar-refractivity contribution in [2.45, 2.75) is 19.3 Å². The molecule has 0 fully saturated rings. The number of hydrogen-bond donors (Lipinski definition) is 4. The Morgan fingerprint density at radius 3 is 2.34 bits per heavy atom. The third-order valence-corrected chi connectivity index (χ3v) is 7.56. The fourth-order valence-electron chi connectivity index (χ4n) is 4.80. The van der Waals surface area contributed by atoms with Gasteiger partial charge in [0.2, 0.25) is 0 Å². The van der Waals surface area contributed by atoms with E-state index in [4.69, 9.17) is 14.6 Å². The molecule has 12 nitrogen and oxygen atoms in total. The zero-order valence-corrected chi connectivity index (χ0v) is 26.3. The minimum absolute atomic E-state index is 0.174. The Morgan fingerprint density at radius 1 is 0.872 bits per heavy atom. The summed E-state index contributed by atoms with van der Waals surface area (Å²) >= 11 is 0. The van der Waals surface area contributed by atoms with E-state index in [-0.39, 0.29) is 22.8 Å². The van der Waals surface area contributed by atoms with Crippen molar-refractivity contribution in [3.05, 3.63) is 120 Å². The van der Waals surface area contributed by atoms with Gasteiger partial charge in [0.15, 0.2) is 11.5 Å². The molecule has 0 unspecified atom stereocenters. The van der Waals surface area contributed by atoms with Crippen molar-refractivity contribution in [1.29, 1.82) is 0 Å².